The van der Waals surface area contributed by atoms with Crippen LogP contribution < -0.4 is 40.8 Å². The molecule has 6 rings (SSSR count). The number of benzene rings is 1. The lowest BCUT2D eigenvalue weighted by Crippen LogP contribution is -2.70. The van der Waals surface area contributed by atoms with Crippen molar-refractivity contribution in [2.45, 2.75) is 69.9 Å². The highest BCUT2D eigenvalue weighted by Crippen LogP contribution is 2.50. The van der Waals surface area contributed by atoms with E-state index in [2.05, 4.69) is 20.9 Å². The molecule has 242 valence electrons. The van der Waals surface area contributed by atoms with Crippen molar-refractivity contribution in [3.8, 4) is 17.2 Å². The second kappa shape index (κ2) is 12.3. The number of nitrogens with two attached hydrogens (primary N) is 1. The Bertz CT molecular complexity index is 1540. The first-order valence-corrected chi connectivity index (χ1v) is 15.0. The van der Waals surface area contributed by atoms with E-state index < -0.39 is 36.2 Å². The quantitative estimate of drug-likeness (QED) is 0.188. The fraction of sp³-hybridized carbons (Fsp3) is 0.500. The molecule has 0 saturated carbocycles. The number of carbonyl (C=O) groups is 2. The Morgan fingerprint density at radius 1 is 1.36 bits per heavy atom. The number of aliphatic hydroxyl groups is 2. The van der Waals surface area contributed by atoms with Crippen LogP contribution >= 0.6 is 0 Å². The maximum Gasteiger partial charge on any atom is 0.374 e. The van der Waals surface area contributed by atoms with Crippen LogP contribution in [0.4, 0.5) is 5.95 Å². The number of hydrogen-bond donors (Lipinski definition) is 6. The second-order valence-corrected chi connectivity index (χ2v) is 11.5. The number of imidazole rings is 1. The maximum absolute atomic E-state index is 12.8. The molecule has 5 heterocycles. The lowest BCUT2D eigenvalue weighted by molar-refractivity contribution is -0.141. The van der Waals surface area contributed by atoms with Crippen molar-refractivity contribution in [1.29, 1.82) is 0 Å². The minimum absolute atomic E-state index is 0.00550. The van der Waals surface area contributed by atoms with Crippen LogP contribution in [0.1, 0.15) is 37.8 Å². The first-order chi connectivity index (χ1) is 21.6. The summed E-state index contributed by atoms with van der Waals surface area (Å²) in [6.45, 7) is 4.27. The number of carbonyl (C=O) groups excluding carboxylic acids is 2. The summed E-state index contributed by atoms with van der Waals surface area (Å²) in [4.78, 5) is 31.8. The second-order valence-electron chi connectivity index (χ2n) is 11.5. The number of nitrogens with one attached hydrogen (secondary N) is 3. The molecule has 15 heteroatoms. The zero-order valence-corrected chi connectivity index (χ0v) is 25.4. The van der Waals surface area contributed by atoms with E-state index in [1.807, 2.05) is 21.7 Å². The molecule has 5 atom stereocenters. The molecule has 0 radical (unpaired) electrons. The highest BCUT2D eigenvalue weighted by atomic mass is 16.6. The Kier molecular flexibility index (Phi) is 8.45. The Morgan fingerprint density at radius 3 is 2.93 bits per heavy atom. The van der Waals surface area contributed by atoms with Gasteiger partial charge in [0.15, 0.2) is 0 Å². The van der Waals surface area contributed by atoms with Crippen molar-refractivity contribution in [2.75, 3.05) is 31.9 Å². The van der Waals surface area contributed by atoms with Crippen molar-refractivity contribution in [3.05, 3.63) is 47.5 Å². The van der Waals surface area contributed by atoms with Gasteiger partial charge in [-0.1, -0.05) is 6.08 Å². The molecule has 7 N–H and O–H groups in total. The van der Waals surface area contributed by atoms with Crippen molar-refractivity contribution in [2.24, 2.45) is 5.73 Å². The lowest BCUT2D eigenvalue weighted by atomic mass is 9.89. The van der Waals surface area contributed by atoms with E-state index in [-0.39, 0.29) is 24.9 Å². The summed E-state index contributed by atoms with van der Waals surface area (Å²) in [6, 6.07) is 1.21. The molecule has 45 heavy (non-hydrogen) atoms. The number of anilines is 1. The van der Waals surface area contributed by atoms with E-state index >= 15 is 0 Å². The Hall–Kier alpha value is -4.15. The maximum atomic E-state index is 12.8. The average Bonchev–Trinajstić information content (AvgIpc) is 3.76. The zero-order chi connectivity index (χ0) is 31.9. The summed E-state index contributed by atoms with van der Waals surface area (Å²) >= 11 is 0. The molecule has 2 aromatic rings. The third kappa shape index (κ3) is 5.73. The van der Waals surface area contributed by atoms with Gasteiger partial charge in [0.05, 0.1) is 31.5 Å². The van der Waals surface area contributed by atoms with E-state index in [1.165, 1.54) is 0 Å². The fourth-order valence-electron chi connectivity index (χ4n) is 6.25. The molecular weight excluding hydrogens is 586 g/mol. The van der Waals surface area contributed by atoms with Gasteiger partial charge in [-0.05, 0) is 38.3 Å². The normalized spacial score (nSPS) is 25.7. The minimum atomic E-state index is -1.19. The summed E-state index contributed by atoms with van der Waals surface area (Å²) < 4.78 is 25.3. The standard InChI is InChI=1S/C30H39N7O8/c1-4-43-27(40)20-12-16(6-9-36-10-8-32-29(36)37-15-33-23-25(37)34-28(31)35-26(23)39)22-19(44-20)14-18-17(24(22)42-3)13-21(45-18)30(2,41)7-5-11-38/h6,8,10,12,14,21,23,25,28,33-34,38,41H,4-5,7,9,11,13,15,31H2,1-3H3,(H,35,39)/b16-6+/t21-,23-,25+,28-,30+/m0/s1. The Labute approximate surface area is 260 Å². The van der Waals surface area contributed by atoms with Crippen molar-refractivity contribution < 1.29 is 38.7 Å². The van der Waals surface area contributed by atoms with E-state index in [4.69, 9.17) is 24.7 Å². The summed E-state index contributed by atoms with van der Waals surface area (Å²) in [7, 11) is 1.55. The van der Waals surface area contributed by atoms with Gasteiger partial charge in [0, 0.05) is 43.6 Å². The van der Waals surface area contributed by atoms with Crippen molar-refractivity contribution >= 4 is 23.4 Å². The Balaban J connectivity index is 1.35. The predicted octanol–water partition coefficient (Wildman–Crippen LogP) is -0.335. The number of allylic oxidation sites excluding steroid dienone is 3. The summed E-state index contributed by atoms with van der Waals surface area (Å²) in [5.74, 6) is 1.16. The van der Waals surface area contributed by atoms with E-state index in [1.54, 1.807) is 39.3 Å². The largest absolute Gasteiger partial charge is 0.496 e. The summed E-state index contributed by atoms with van der Waals surface area (Å²) in [5, 5.41) is 29.5. The van der Waals surface area contributed by atoms with Gasteiger partial charge in [-0.15, -0.1) is 0 Å². The van der Waals surface area contributed by atoms with Gasteiger partial charge >= 0.3 is 5.97 Å². The number of nitrogens with zero attached hydrogens (tertiary/aromatic N) is 3. The third-order valence-electron chi connectivity index (χ3n) is 8.50. The number of rotatable bonds is 10. The number of amides is 1. The van der Waals surface area contributed by atoms with Crippen LogP contribution in [-0.4, -0.2) is 88.8 Å². The van der Waals surface area contributed by atoms with Gasteiger partial charge in [0.2, 0.25) is 17.6 Å². The minimum Gasteiger partial charge on any atom is -0.496 e. The number of hydrogen-bond acceptors (Lipinski definition) is 13. The van der Waals surface area contributed by atoms with Crippen LogP contribution in [0.5, 0.6) is 17.2 Å². The zero-order valence-electron chi connectivity index (χ0n) is 25.4. The van der Waals surface area contributed by atoms with Crippen molar-refractivity contribution in [3.63, 3.8) is 0 Å². The smallest absolute Gasteiger partial charge is 0.374 e. The highest BCUT2D eigenvalue weighted by Gasteiger charge is 2.45. The number of aliphatic hydroxyl groups excluding tert-OH is 1. The molecule has 1 amide bonds. The highest BCUT2D eigenvalue weighted by molar-refractivity contribution is 5.96. The molecule has 0 aliphatic carbocycles. The molecule has 2 saturated heterocycles. The Morgan fingerprint density at radius 2 is 2.18 bits per heavy atom. The molecule has 1 aromatic carbocycles. The molecule has 15 nitrogen and oxygen atoms in total. The first-order valence-electron chi connectivity index (χ1n) is 15.0. The molecule has 0 bridgehead atoms. The number of methoxy groups -OCH3 is 1. The predicted molar refractivity (Wildman–Crippen MR) is 161 cm³/mol. The van der Waals surface area contributed by atoms with E-state index in [9.17, 15) is 19.8 Å². The third-order valence-corrected chi connectivity index (χ3v) is 8.50. The van der Waals surface area contributed by atoms with Gasteiger partial charge in [-0.2, -0.15) is 0 Å². The molecule has 4 aliphatic heterocycles. The first kappa shape index (κ1) is 30.9. The van der Waals surface area contributed by atoms with Gasteiger partial charge < -0.3 is 43.9 Å². The van der Waals surface area contributed by atoms with Crippen LogP contribution in [-0.2, 0) is 27.3 Å². The van der Waals surface area contributed by atoms with Crippen LogP contribution in [0.2, 0.25) is 0 Å². The van der Waals surface area contributed by atoms with Gasteiger partial charge in [-0.25, -0.2) is 9.78 Å². The molecular formula is C30H39N7O8. The van der Waals surface area contributed by atoms with E-state index in [0.29, 0.717) is 66.8 Å². The van der Waals surface area contributed by atoms with Crippen LogP contribution in [0.25, 0.3) is 5.57 Å². The topological polar surface area (TPSA) is 195 Å². The summed E-state index contributed by atoms with van der Waals surface area (Å²) in [6.07, 6.45) is 6.56. The van der Waals surface area contributed by atoms with Crippen molar-refractivity contribution in [1.82, 2.24) is 25.5 Å². The molecule has 0 spiro atoms. The number of aromatic nitrogens is 2. The van der Waals surface area contributed by atoms with E-state index in [0.717, 1.165) is 5.56 Å². The number of esters is 1. The van der Waals surface area contributed by atoms with Gasteiger partial charge in [0.1, 0.15) is 41.8 Å². The summed E-state index contributed by atoms with van der Waals surface area (Å²) in [5.41, 5.74) is 6.84. The van der Waals surface area contributed by atoms with Crippen LogP contribution in [0, 0.1) is 0 Å². The molecule has 4 aliphatic rings. The average molecular weight is 626 g/mol. The molecule has 1 aromatic heterocycles. The van der Waals surface area contributed by atoms with Gasteiger partial charge in [0.25, 0.3) is 0 Å². The number of fused-ring (bicyclic) bond motifs is 3. The molecule has 2 fully saturated rings. The molecule has 0 unspecified atom stereocenters. The van der Waals surface area contributed by atoms with Crippen LogP contribution in [0.15, 0.2) is 36.4 Å². The number of ether oxygens (including phenoxy) is 4. The SMILES string of the molecule is CCOC(=O)C1=C/C(=C\Cn2ccnc2N2CN[C@@H]3C(=O)N[C@@H](N)N[C@@H]32)c2c(cc3c(c2OC)C[C@@H]([C@](C)(O)CCCO)O3)O1. The van der Waals surface area contributed by atoms with Gasteiger partial charge in [-0.3, -0.25) is 21.2 Å². The monoisotopic (exact) mass is 625 g/mol. The van der Waals surface area contributed by atoms with Crippen LogP contribution in [0.3, 0.4) is 0 Å². The fourth-order valence-corrected chi connectivity index (χ4v) is 6.25. The lowest BCUT2D eigenvalue weighted by Gasteiger charge is -2.35.